The quantitative estimate of drug-likeness (QED) is 0.558. The Hall–Kier alpha value is -2.98. The molecule has 9 nitrogen and oxygen atoms in total. The van der Waals surface area contributed by atoms with Crippen LogP contribution in [0.5, 0.6) is 0 Å². The Morgan fingerprint density at radius 3 is 2.56 bits per heavy atom. The van der Waals surface area contributed by atoms with Crippen LogP contribution in [0.4, 0.5) is 5.69 Å². The third kappa shape index (κ3) is 4.20. The van der Waals surface area contributed by atoms with Crippen molar-refractivity contribution in [1.82, 2.24) is 24.2 Å². The second-order valence-electron chi connectivity index (χ2n) is 7.69. The van der Waals surface area contributed by atoms with Gasteiger partial charge in [0.2, 0.25) is 10.0 Å². The van der Waals surface area contributed by atoms with Crippen LogP contribution in [0.3, 0.4) is 0 Å². The van der Waals surface area contributed by atoms with E-state index < -0.39 is 10.0 Å². The van der Waals surface area contributed by atoms with Crippen molar-refractivity contribution >= 4 is 27.3 Å². The maximum Gasteiger partial charge on any atom is 0.253 e. The molecule has 1 saturated heterocycles. The van der Waals surface area contributed by atoms with Gasteiger partial charge in [-0.15, -0.1) is 10.2 Å². The fraction of sp³-hybridized carbons (Fsp3) is 0.409. The molecule has 0 saturated carbocycles. The van der Waals surface area contributed by atoms with Gasteiger partial charge < -0.3 is 10.2 Å². The molecule has 0 radical (unpaired) electrons. The monoisotopic (exact) mass is 456 g/mol. The highest BCUT2D eigenvalue weighted by molar-refractivity contribution is 7.89. The van der Waals surface area contributed by atoms with Crippen molar-refractivity contribution in [2.75, 3.05) is 31.1 Å². The number of benzene rings is 1. The topological polar surface area (TPSA) is 99.9 Å². The summed E-state index contributed by atoms with van der Waals surface area (Å²) in [6.45, 7) is 6.21. The summed E-state index contributed by atoms with van der Waals surface area (Å²) in [5, 5.41) is 11.1. The van der Waals surface area contributed by atoms with Gasteiger partial charge in [-0.1, -0.05) is 19.9 Å². The minimum Gasteiger partial charge on any atom is -0.371 e. The zero-order valence-corrected chi connectivity index (χ0v) is 19.2. The van der Waals surface area contributed by atoms with E-state index in [0.29, 0.717) is 30.1 Å². The number of hydrogen-bond acceptors (Lipinski definition) is 6. The summed E-state index contributed by atoms with van der Waals surface area (Å²) in [4.78, 5) is 15.5. The molecule has 10 heteroatoms. The van der Waals surface area contributed by atoms with E-state index in [-0.39, 0.29) is 17.3 Å². The first-order valence-electron chi connectivity index (χ1n) is 10.9. The average Bonchev–Trinajstić information content (AvgIpc) is 3.48. The molecule has 1 amide bonds. The number of aromatic nitrogens is 3. The van der Waals surface area contributed by atoms with Crippen molar-refractivity contribution < 1.29 is 13.2 Å². The molecule has 1 aromatic carbocycles. The standard InChI is InChI=1S/C22H28N6O3S/c1-3-27(4-2)32(30,31)17-10-11-19(26-12-7-8-13-26)18(15-17)22(29)23-16-21-25-24-20-9-5-6-14-28(20)21/h5-6,9-11,14-15H,3-4,7-8,12-13,16H2,1-2H3,(H,23,29). The highest BCUT2D eigenvalue weighted by Gasteiger charge is 2.26. The van der Waals surface area contributed by atoms with Gasteiger partial charge >= 0.3 is 0 Å². The van der Waals surface area contributed by atoms with Crippen LogP contribution in [0.25, 0.3) is 5.65 Å². The van der Waals surface area contributed by atoms with Crippen LogP contribution in [0, 0.1) is 0 Å². The van der Waals surface area contributed by atoms with E-state index in [0.717, 1.165) is 31.6 Å². The van der Waals surface area contributed by atoms with Gasteiger partial charge in [-0.3, -0.25) is 9.20 Å². The van der Waals surface area contributed by atoms with Crippen molar-refractivity contribution in [3.05, 3.63) is 54.0 Å². The van der Waals surface area contributed by atoms with Gasteiger partial charge in [0.15, 0.2) is 11.5 Å². The van der Waals surface area contributed by atoms with Gasteiger partial charge in [0.1, 0.15) is 0 Å². The number of amides is 1. The maximum absolute atomic E-state index is 13.2. The number of nitrogens with zero attached hydrogens (tertiary/aromatic N) is 5. The number of anilines is 1. The third-order valence-corrected chi connectivity index (χ3v) is 7.84. The molecule has 1 fully saturated rings. The average molecular weight is 457 g/mol. The van der Waals surface area contributed by atoms with Gasteiger partial charge in [0.05, 0.1) is 17.0 Å². The van der Waals surface area contributed by atoms with E-state index in [1.807, 2.05) is 28.8 Å². The van der Waals surface area contributed by atoms with Crippen LogP contribution in [-0.4, -0.2) is 59.4 Å². The highest BCUT2D eigenvalue weighted by atomic mass is 32.2. The molecular formula is C22H28N6O3S. The molecule has 32 heavy (non-hydrogen) atoms. The van der Waals surface area contributed by atoms with Crippen LogP contribution in [0.2, 0.25) is 0 Å². The van der Waals surface area contributed by atoms with Gasteiger partial charge in [-0.05, 0) is 43.2 Å². The number of fused-ring (bicyclic) bond motifs is 1. The number of nitrogens with one attached hydrogen (secondary N) is 1. The first kappa shape index (κ1) is 22.2. The van der Waals surface area contributed by atoms with Crippen LogP contribution in [-0.2, 0) is 16.6 Å². The fourth-order valence-corrected chi connectivity index (χ4v) is 5.55. The minimum atomic E-state index is -3.68. The minimum absolute atomic E-state index is 0.127. The zero-order chi connectivity index (χ0) is 22.7. The van der Waals surface area contributed by atoms with Crippen molar-refractivity contribution in [2.45, 2.75) is 38.1 Å². The molecule has 1 aliphatic heterocycles. The molecule has 1 N–H and O–H groups in total. The summed E-state index contributed by atoms with van der Waals surface area (Å²) >= 11 is 0. The normalized spacial score (nSPS) is 14.4. The van der Waals surface area contributed by atoms with Gasteiger partial charge in [0.25, 0.3) is 5.91 Å². The molecule has 170 valence electrons. The smallest absolute Gasteiger partial charge is 0.253 e. The number of sulfonamides is 1. The molecular weight excluding hydrogens is 428 g/mol. The van der Waals surface area contributed by atoms with E-state index in [1.54, 1.807) is 26.0 Å². The highest BCUT2D eigenvalue weighted by Crippen LogP contribution is 2.28. The molecule has 3 heterocycles. The summed E-state index contributed by atoms with van der Waals surface area (Å²) in [7, 11) is -3.68. The lowest BCUT2D eigenvalue weighted by atomic mass is 10.1. The summed E-state index contributed by atoms with van der Waals surface area (Å²) in [6.07, 6.45) is 3.93. The molecule has 1 aliphatic rings. The Morgan fingerprint density at radius 1 is 1.09 bits per heavy atom. The summed E-state index contributed by atoms with van der Waals surface area (Å²) in [5.41, 5.74) is 1.81. The van der Waals surface area contributed by atoms with E-state index in [1.165, 1.54) is 10.4 Å². The number of pyridine rings is 1. The van der Waals surface area contributed by atoms with Crippen LogP contribution < -0.4 is 10.2 Å². The SMILES string of the molecule is CCN(CC)S(=O)(=O)c1ccc(N2CCCC2)c(C(=O)NCc2nnc3ccccn23)c1. The third-order valence-electron chi connectivity index (χ3n) is 5.79. The second kappa shape index (κ2) is 9.25. The molecule has 0 unspecified atom stereocenters. The summed E-state index contributed by atoms with van der Waals surface area (Å²) in [5.74, 6) is 0.264. The Bertz CT molecular complexity index is 1210. The van der Waals surface area contributed by atoms with Crippen molar-refractivity contribution in [2.24, 2.45) is 0 Å². The zero-order valence-electron chi connectivity index (χ0n) is 18.4. The van der Waals surface area contributed by atoms with E-state index in [4.69, 9.17) is 0 Å². The second-order valence-corrected chi connectivity index (χ2v) is 9.63. The van der Waals surface area contributed by atoms with Crippen LogP contribution in [0.15, 0.2) is 47.5 Å². The van der Waals surface area contributed by atoms with Crippen molar-refractivity contribution in [3.63, 3.8) is 0 Å². The molecule has 4 rings (SSSR count). The van der Waals surface area contributed by atoms with E-state index >= 15 is 0 Å². The van der Waals surface area contributed by atoms with Crippen molar-refractivity contribution in [1.29, 1.82) is 0 Å². The molecule has 0 bridgehead atoms. The molecule has 0 aliphatic carbocycles. The number of carbonyl (C=O) groups excluding carboxylic acids is 1. The lowest BCUT2D eigenvalue weighted by Gasteiger charge is -2.23. The Balaban J connectivity index is 1.65. The Kier molecular flexibility index (Phi) is 6.43. The maximum atomic E-state index is 13.2. The first-order valence-corrected chi connectivity index (χ1v) is 12.4. The molecule has 2 aromatic heterocycles. The van der Waals surface area contributed by atoms with Crippen molar-refractivity contribution in [3.8, 4) is 0 Å². The predicted molar refractivity (Wildman–Crippen MR) is 122 cm³/mol. The largest absolute Gasteiger partial charge is 0.371 e. The summed E-state index contributed by atoms with van der Waals surface area (Å²) in [6, 6.07) is 10.4. The lowest BCUT2D eigenvalue weighted by molar-refractivity contribution is 0.0950. The van der Waals surface area contributed by atoms with Gasteiger partial charge in [-0.2, -0.15) is 4.31 Å². The number of hydrogen-bond donors (Lipinski definition) is 1. The molecule has 3 aromatic rings. The molecule has 0 spiro atoms. The Morgan fingerprint density at radius 2 is 1.84 bits per heavy atom. The Labute approximate surface area is 188 Å². The van der Waals surface area contributed by atoms with Crippen LogP contribution in [0.1, 0.15) is 42.9 Å². The van der Waals surface area contributed by atoms with E-state index in [9.17, 15) is 13.2 Å². The summed E-state index contributed by atoms with van der Waals surface area (Å²) < 4.78 is 29.3. The van der Waals surface area contributed by atoms with Gasteiger partial charge in [-0.25, -0.2) is 8.42 Å². The first-order chi connectivity index (χ1) is 15.5. The molecule has 0 atom stereocenters. The van der Waals surface area contributed by atoms with Gasteiger partial charge in [0, 0.05) is 38.1 Å². The number of carbonyl (C=O) groups is 1. The fourth-order valence-electron chi connectivity index (χ4n) is 4.07. The van der Waals surface area contributed by atoms with E-state index in [2.05, 4.69) is 20.4 Å². The predicted octanol–water partition coefficient (Wildman–Crippen LogP) is 2.29. The number of rotatable bonds is 8. The lowest BCUT2D eigenvalue weighted by Crippen LogP contribution is -2.32. The van der Waals surface area contributed by atoms with Crippen LogP contribution >= 0.6 is 0 Å².